The number of aryl methyl sites for hydroxylation is 3. The van der Waals surface area contributed by atoms with Gasteiger partial charge in [0.25, 0.3) is 0 Å². The number of para-hydroxylation sites is 1. The summed E-state index contributed by atoms with van der Waals surface area (Å²) in [6, 6.07) is 14.9. The number of rotatable bonds is 3. The van der Waals surface area contributed by atoms with Crippen LogP contribution in [0.4, 0.5) is 0 Å². The first-order valence-corrected chi connectivity index (χ1v) is 6.71. The van der Waals surface area contributed by atoms with Crippen molar-refractivity contribution in [1.82, 2.24) is 9.55 Å². The SMILES string of the molecule is Cc1ccc(C)n1CCc1cccc2cccnc12. The van der Waals surface area contributed by atoms with Crippen molar-refractivity contribution >= 4 is 10.9 Å². The normalized spacial score (nSPS) is 11.1. The van der Waals surface area contributed by atoms with Crippen molar-refractivity contribution in [2.45, 2.75) is 26.8 Å². The van der Waals surface area contributed by atoms with E-state index in [1.807, 2.05) is 12.3 Å². The van der Waals surface area contributed by atoms with E-state index in [1.165, 1.54) is 22.3 Å². The summed E-state index contributed by atoms with van der Waals surface area (Å²) >= 11 is 0. The quantitative estimate of drug-likeness (QED) is 0.689. The number of benzene rings is 1. The monoisotopic (exact) mass is 250 g/mol. The zero-order valence-corrected chi connectivity index (χ0v) is 11.4. The maximum Gasteiger partial charge on any atom is 0.0734 e. The lowest BCUT2D eigenvalue weighted by atomic mass is 10.1. The first-order chi connectivity index (χ1) is 9.25. The van der Waals surface area contributed by atoms with E-state index in [4.69, 9.17) is 0 Å². The minimum atomic E-state index is 1.01. The maximum absolute atomic E-state index is 4.52. The van der Waals surface area contributed by atoms with E-state index >= 15 is 0 Å². The average molecular weight is 250 g/mol. The van der Waals surface area contributed by atoms with Crippen molar-refractivity contribution in [2.75, 3.05) is 0 Å². The van der Waals surface area contributed by atoms with Crippen LogP contribution in [0.2, 0.25) is 0 Å². The Bertz CT molecular complexity index is 685. The molecule has 0 aliphatic carbocycles. The van der Waals surface area contributed by atoms with Crippen LogP contribution in [0.25, 0.3) is 10.9 Å². The number of fused-ring (bicyclic) bond motifs is 1. The van der Waals surface area contributed by atoms with E-state index in [9.17, 15) is 0 Å². The molecule has 96 valence electrons. The van der Waals surface area contributed by atoms with Gasteiger partial charge in [-0.05, 0) is 44.0 Å². The fraction of sp³-hybridized carbons (Fsp3) is 0.235. The molecule has 0 radical (unpaired) electrons. The molecule has 0 fully saturated rings. The van der Waals surface area contributed by atoms with E-state index < -0.39 is 0 Å². The molecule has 2 heterocycles. The molecule has 0 aliphatic heterocycles. The van der Waals surface area contributed by atoms with Crippen LogP contribution in [-0.2, 0) is 13.0 Å². The molecule has 19 heavy (non-hydrogen) atoms. The molecular formula is C17H18N2. The third-order valence-electron chi connectivity index (χ3n) is 3.74. The molecule has 2 aromatic heterocycles. The summed E-state index contributed by atoms with van der Waals surface area (Å²) < 4.78 is 2.36. The van der Waals surface area contributed by atoms with Crippen LogP contribution in [0, 0.1) is 13.8 Å². The molecule has 0 aliphatic rings. The standard InChI is InChI=1S/C17H18N2/c1-13-8-9-14(2)19(13)12-10-16-6-3-5-15-7-4-11-18-17(15)16/h3-9,11H,10,12H2,1-2H3. The molecule has 0 amide bonds. The van der Waals surface area contributed by atoms with Crippen molar-refractivity contribution in [2.24, 2.45) is 0 Å². The number of nitrogens with zero attached hydrogens (tertiary/aromatic N) is 2. The predicted molar refractivity (Wildman–Crippen MR) is 79.4 cm³/mol. The second-order valence-corrected chi connectivity index (χ2v) is 5.01. The van der Waals surface area contributed by atoms with Crippen LogP contribution in [0.15, 0.2) is 48.7 Å². The van der Waals surface area contributed by atoms with E-state index in [1.54, 1.807) is 0 Å². The summed E-state index contributed by atoms with van der Waals surface area (Å²) in [5.41, 5.74) is 5.11. The predicted octanol–water partition coefficient (Wildman–Crippen LogP) is 3.90. The first kappa shape index (κ1) is 12.0. The van der Waals surface area contributed by atoms with E-state index in [-0.39, 0.29) is 0 Å². The van der Waals surface area contributed by atoms with Gasteiger partial charge in [0.2, 0.25) is 0 Å². The zero-order valence-electron chi connectivity index (χ0n) is 11.4. The van der Waals surface area contributed by atoms with Crippen molar-refractivity contribution in [3.63, 3.8) is 0 Å². The van der Waals surface area contributed by atoms with E-state index in [0.29, 0.717) is 0 Å². The van der Waals surface area contributed by atoms with Gasteiger partial charge in [0.15, 0.2) is 0 Å². The highest BCUT2D eigenvalue weighted by Crippen LogP contribution is 2.17. The number of aromatic nitrogens is 2. The Morgan fingerprint density at radius 1 is 0.947 bits per heavy atom. The molecule has 2 heteroatoms. The number of pyridine rings is 1. The van der Waals surface area contributed by atoms with Crippen LogP contribution in [0.1, 0.15) is 17.0 Å². The average Bonchev–Trinajstić information content (AvgIpc) is 2.76. The van der Waals surface area contributed by atoms with Crippen LogP contribution >= 0.6 is 0 Å². The lowest BCUT2D eigenvalue weighted by molar-refractivity contribution is 0.665. The van der Waals surface area contributed by atoms with Gasteiger partial charge >= 0.3 is 0 Å². The third kappa shape index (κ3) is 2.26. The highest BCUT2D eigenvalue weighted by molar-refractivity contribution is 5.81. The van der Waals surface area contributed by atoms with Crippen molar-refractivity contribution < 1.29 is 0 Å². The maximum atomic E-state index is 4.52. The Balaban J connectivity index is 1.90. The third-order valence-corrected chi connectivity index (χ3v) is 3.74. The molecule has 0 saturated carbocycles. The Morgan fingerprint density at radius 3 is 2.47 bits per heavy atom. The minimum absolute atomic E-state index is 1.01. The van der Waals surface area contributed by atoms with Gasteiger partial charge in [-0.1, -0.05) is 24.3 Å². The first-order valence-electron chi connectivity index (χ1n) is 6.71. The second kappa shape index (κ2) is 4.88. The zero-order chi connectivity index (χ0) is 13.2. The second-order valence-electron chi connectivity index (χ2n) is 5.01. The van der Waals surface area contributed by atoms with Gasteiger partial charge in [-0.25, -0.2) is 0 Å². The summed E-state index contributed by atoms with van der Waals surface area (Å²) in [6.07, 6.45) is 2.89. The lowest BCUT2D eigenvalue weighted by Crippen LogP contribution is -2.05. The van der Waals surface area contributed by atoms with Gasteiger partial charge in [0.1, 0.15) is 0 Å². The summed E-state index contributed by atoms with van der Waals surface area (Å²) in [6.45, 7) is 5.34. The Labute approximate surface area is 113 Å². The van der Waals surface area contributed by atoms with Gasteiger partial charge in [0.05, 0.1) is 5.52 Å². The minimum Gasteiger partial charge on any atom is -0.349 e. The molecule has 1 aromatic carbocycles. The smallest absolute Gasteiger partial charge is 0.0734 e. The summed E-state index contributed by atoms with van der Waals surface area (Å²) in [5.74, 6) is 0. The van der Waals surface area contributed by atoms with Crippen LogP contribution in [0.5, 0.6) is 0 Å². The molecule has 0 atom stereocenters. The van der Waals surface area contributed by atoms with Crippen molar-refractivity contribution in [3.05, 3.63) is 65.6 Å². The Morgan fingerprint density at radius 2 is 1.68 bits per heavy atom. The molecule has 0 bridgehead atoms. The Hall–Kier alpha value is -2.09. The molecular weight excluding hydrogens is 232 g/mol. The lowest BCUT2D eigenvalue weighted by Gasteiger charge is -2.10. The molecule has 0 spiro atoms. The van der Waals surface area contributed by atoms with Gasteiger partial charge in [-0.2, -0.15) is 0 Å². The van der Waals surface area contributed by atoms with Gasteiger partial charge < -0.3 is 4.57 Å². The Kier molecular flexibility index (Phi) is 3.08. The van der Waals surface area contributed by atoms with Crippen molar-refractivity contribution in [3.8, 4) is 0 Å². The fourth-order valence-corrected chi connectivity index (χ4v) is 2.65. The molecule has 2 nitrogen and oxygen atoms in total. The number of hydrogen-bond donors (Lipinski definition) is 0. The van der Waals surface area contributed by atoms with Crippen LogP contribution in [0.3, 0.4) is 0 Å². The molecule has 0 unspecified atom stereocenters. The summed E-state index contributed by atoms with van der Waals surface area (Å²) in [4.78, 5) is 4.52. The highest BCUT2D eigenvalue weighted by Gasteiger charge is 2.04. The van der Waals surface area contributed by atoms with Crippen molar-refractivity contribution in [1.29, 1.82) is 0 Å². The van der Waals surface area contributed by atoms with E-state index in [0.717, 1.165) is 18.5 Å². The molecule has 3 aromatic rings. The molecule has 0 saturated heterocycles. The van der Waals surface area contributed by atoms with Crippen LogP contribution in [-0.4, -0.2) is 9.55 Å². The number of hydrogen-bond acceptors (Lipinski definition) is 1. The molecule has 3 rings (SSSR count). The summed E-state index contributed by atoms with van der Waals surface area (Å²) in [5, 5.41) is 1.22. The highest BCUT2D eigenvalue weighted by atomic mass is 15.0. The van der Waals surface area contributed by atoms with E-state index in [2.05, 4.69) is 59.8 Å². The largest absolute Gasteiger partial charge is 0.349 e. The fourth-order valence-electron chi connectivity index (χ4n) is 2.65. The van der Waals surface area contributed by atoms with Crippen LogP contribution < -0.4 is 0 Å². The van der Waals surface area contributed by atoms with Gasteiger partial charge in [-0.3, -0.25) is 4.98 Å². The molecule has 0 N–H and O–H groups in total. The van der Waals surface area contributed by atoms with Gasteiger partial charge in [-0.15, -0.1) is 0 Å². The summed E-state index contributed by atoms with van der Waals surface area (Å²) in [7, 11) is 0. The topological polar surface area (TPSA) is 17.8 Å². The van der Waals surface area contributed by atoms with Gasteiger partial charge in [0, 0.05) is 29.5 Å².